The van der Waals surface area contributed by atoms with Crippen molar-refractivity contribution in [2.24, 2.45) is 0 Å². The van der Waals surface area contributed by atoms with Gasteiger partial charge in [-0.1, -0.05) is 0 Å². The van der Waals surface area contributed by atoms with Gasteiger partial charge in [0, 0.05) is 12.0 Å². The number of hydrogen-bond acceptors (Lipinski definition) is 2. The molecule has 0 aliphatic rings. The maximum absolute atomic E-state index is 13.8. The molecular weight excluding hydrogens is 304 g/mol. The standard InChI is InChI=1S/C13H16BrF2NO/c1-13(2,17(3)4)11(18)7-8-10(15)6-5-9(14)12(8)16/h5-6H,7H2,1-4H3. The fourth-order valence-electron chi connectivity index (χ4n) is 1.36. The lowest BCUT2D eigenvalue weighted by atomic mass is 9.92. The van der Waals surface area contributed by atoms with Gasteiger partial charge in [0.1, 0.15) is 11.6 Å². The molecule has 0 radical (unpaired) electrons. The molecule has 0 aromatic heterocycles. The molecule has 100 valence electrons. The van der Waals surface area contributed by atoms with Gasteiger partial charge in [-0.05, 0) is 56.0 Å². The molecule has 0 saturated heterocycles. The molecule has 1 aromatic rings. The first-order valence-corrected chi connectivity index (χ1v) is 6.30. The molecule has 0 saturated carbocycles. The summed E-state index contributed by atoms with van der Waals surface area (Å²) in [6, 6.07) is 2.44. The van der Waals surface area contributed by atoms with E-state index in [0.29, 0.717) is 0 Å². The van der Waals surface area contributed by atoms with Gasteiger partial charge in [0.2, 0.25) is 0 Å². The first-order chi connectivity index (χ1) is 8.17. The molecule has 0 atom stereocenters. The molecule has 1 aromatic carbocycles. The predicted octanol–water partition coefficient (Wildman–Crippen LogP) is 3.18. The monoisotopic (exact) mass is 319 g/mol. The number of Topliss-reactive ketones (excluding diaryl/α,β-unsaturated/α-hetero) is 1. The van der Waals surface area contributed by atoms with Crippen molar-refractivity contribution in [3.05, 3.63) is 33.8 Å². The number of ketones is 1. The molecule has 5 heteroatoms. The Morgan fingerprint density at radius 1 is 1.33 bits per heavy atom. The number of halogens is 3. The summed E-state index contributed by atoms with van der Waals surface area (Å²) in [6.07, 6.45) is -0.262. The number of carbonyl (C=O) groups is 1. The minimum absolute atomic E-state index is 0.161. The third-order valence-corrected chi connectivity index (χ3v) is 3.89. The van der Waals surface area contributed by atoms with E-state index in [2.05, 4.69) is 15.9 Å². The van der Waals surface area contributed by atoms with Crippen LogP contribution < -0.4 is 0 Å². The smallest absolute Gasteiger partial charge is 0.157 e. The zero-order chi connectivity index (χ0) is 14.1. The van der Waals surface area contributed by atoms with E-state index in [1.165, 1.54) is 6.07 Å². The van der Waals surface area contributed by atoms with Gasteiger partial charge >= 0.3 is 0 Å². The lowest BCUT2D eigenvalue weighted by Crippen LogP contribution is -2.46. The first kappa shape index (κ1) is 15.2. The van der Waals surface area contributed by atoms with Gasteiger partial charge in [0.25, 0.3) is 0 Å². The quantitative estimate of drug-likeness (QED) is 0.794. The van der Waals surface area contributed by atoms with Crippen molar-refractivity contribution in [3.63, 3.8) is 0 Å². The summed E-state index contributed by atoms with van der Waals surface area (Å²) in [6.45, 7) is 3.45. The molecule has 1 rings (SSSR count). The summed E-state index contributed by atoms with van der Waals surface area (Å²) < 4.78 is 27.5. The summed E-state index contributed by atoms with van der Waals surface area (Å²) in [5.41, 5.74) is -0.953. The van der Waals surface area contributed by atoms with E-state index in [1.54, 1.807) is 32.8 Å². The van der Waals surface area contributed by atoms with Crippen LogP contribution in [0.25, 0.3) is 0 Å². The minimum Gasteiger partial charge on any atom is -0.298 e. The average molecular weight is 320 g/mol. The van der Waals surface area contributed by atoms with Gasteiger partial charge in [0.05, 0.1) is 10.0 Å². The van der Waals surface area contributed by atoms with Crippen molar-refractivity contribution in [1.82, 2.24) is 4.90 Å². The van der Waals surface area contributed by atoms with Crippen LogP contribution in [0.5, 0.6) is 0 Å². The Bertz CT molecular complexity index is 472. The van der Waals surface area contributed by atoms with Gasteiger partial charge in [0.15, 0.2) is 5.78 Å². The van der Waals surface area contributed by atoms with Crippen LogP contribution in [0.4, 0.5) is 8.78 Å². The van der Waals surface area contributed by atoms with Gasteiger partial charge in [-0.25, -0.2) is 8.78 Å². The van der Waals surface area contributed by atoms with E-state index in [-0.39, 0.29) is 22.2 Å². The summed E-state index contributed by atoms with van der Waals surface area (Å²) >= 11 is 2.99. The van der Waals surface area contributed by atoms with Crippen molar-refractivity contribution >= 4 is 21.7 Å². The number of hydrogen-bond donors (Lipinski definition) is 0. The molecule has 0 heterocycles. The molecule has 0 N–H and O–H groups in total. The van der Waals surface area contributed by atoms with Crippen molar-refractivity contribution < 1.29 is 13.6 Å². The van der Waals surface area contributed by atoms with Crippen LogP contribution >= 0.6 is 15.9 Å². The summed E-state index contributed by atoms with van der Waals surface area (Å²) in [7, 11) is 3.51. The van der Waals surface area contributed by atoms with E-state index in [1.807, 2.05) is 0 Å². The zero-order valence-corrected chi connectivity index (χ0v) is 12.4. The van der Waals surface area contributed by atoms with Gasteiger partial charge in [-0.2, -0.15) is 0 Å². The first-order valence-electron chi connectivity index (χ1n) is 5.51. The molecule has 0 spiro atoms. The van der Waals surface area contributed by atoms with Crippen molar-refractivity contribution in [2.45, 2.75) is 25.8 Å². The number of nitrogens with zero attached hydrogens (tertiary/aromatic N) is 1. The molecule has 0 amide bonds. The molecule has 18 heavy (non-hydrogen) atoms. The van der Waals surface area contributed by atoms with E-state index < -0.39 is 17.2 Å². The summed E-state index contributed by atoms with van der Waals surface area (Å²) in [4.78, 5) is 13.8. The maximum Gasteiger partial charge on any atom is 0.157 e. The summed E-state index contributed by atoms with van der Waals surface area (Å²) in [5, 5.41) is 0. The van der Waals surface area contributed by atoms with E-state index in [9.17, 15) is 13.6 Å². The van der Waals surface area contributed by atoms with Crippen LogP contribution in [-0.2, 0) is 11.2 Å². The largest absolute Gasteiger partial charge is 0.298 e. The molecule has 0 bridgehead atoms. The third kappa shape index (κ3) is 2.95. The van der Waals surface area contributed by atoms with E-state index in [0.717, 1.165) is 6.07 Å². The second-order valence-electron chi connectivity index (χ2n) is 4.88. The van der Waals surface area contributed by atoms with Crippen molar-refractivity contribution in [2.75, 3.05) is 14.1 Å². The van der Waals surface area contributed by atoms with Crippen molar-refractivity contribution in [3.8, 4) is 0 Å². The van der Waals surface area contributed by atoms with E-state index in [4.69, 9.17) is 0 Å². The van der Waals surface area contributed by atoms with Crippen LogP contribution in [0.1, 0.15) is 19.4 Å². The Kier molecular flexibility index (Phi) is 4.61. The predicted molar refractivity (Wildman–Crippen MR) is 70.5 cm³/mol. The summed E-state index contributed by atoms with van der Waals surface area (Å²) in [5.74, 6) is -1.64. The second-order valence-corrected chi connectivity index (χ2v) is 5.73. The topological polar surface area (TPSA) is 20.3 Å². The number of benzene rings is 1. The highest BCUT2D eigenvalue weighted by molar-refractivity contribution is 9.10. The van der Waals surface area contributed by atoms with Crippen molar-refractivity contribution in [1.29, 1.82) is 0 Å². The van der Waals surface area contributed by atoms with Gasteiger partial charge in [-0.3, -0.25) is 9.69 Å². The highest BCUT2D eigenvalue weighted by Gasteiger charge is 2.31. The van der Waals surface area contributed by atoms with Gasteiger partial charge in [-0.15, -0.1) is 0 Å². The molecule has 0 aliphatic heterocycles. The molecule has 2 nitrogen and oxygen atoms in total. The zero-order valence-electron chi connectivity index (χ0n) is 10.9. The molecule has 0 aliphatic carbocycles. The SMILES string of the molecule is CN(C)C(C)(C)C(=O)Cc1c(F)ccc(Br)c1F. The van der Waals surface area contributed by atoms with Crippen LogP contribution in [0.3, 0.4) is 0 Å². The lowest BCUT2D eigenvalue weighted by Gasteiger charge is -2.31. The highest BCUT2D eigenvalue weighted by Crippen LogP contribution is 2.24. The number of likely N-dealkylation sites (N-methyl/N-ethyl adjacent to an activating group) is 1. The lowest BCUT2D eigenvalue weighted by molar-refractivity contribution is -0.127. The highest BCUT2D eigenvalue weighted by atomic mass is 79.9. The fraction of sp³-hybridized carbons (Fsp3) is 0.462. The molecule has 0 unspecified atom stereocenters. The third-order valence-electron chi connectivity index (χ3n) is 3.28. The van der Waals surface area contributed by atoms with Crippen LogP contribution in [0.2, 0.25) is 0 Å². The minimum atomic E-state index is -0.763. The number of carbonyl (C=O) groups excluding carboxylic acids is 1. The van der Waals surface area contributed by atoms with Crippen LogP contribution in [-0.4, -0.2) is 30.3 Å². The Balaban J connectivity index is 3.06. The van der Waals surface area contributed by atoms with Crippen LogP contribution in [0.15, 0.2) is 16.6 Å². The van der Waals surface area contributed by atoms with Crippen LogP contribution in [0, 0.1) is 11.6 Å². The Morgan fingerprint density at radius 3 is 2.39 bits per heavy atom. The molecule has 0 fully saturated rings. The van der Waals surface area contributed by atoms with E-state index >= 15 is 0 Å². The maximum atomic E-state index is 13.8. The average Bonchev–Trinajstić information content (AvgIpc) is 2.29. The van der Waals surface area contributed by atoms with Gasteiger partial charge < -0.3 is 0 Å². The Labute approximate surface area is 114 Å². The second kappa shape index (κ2) is 5.45. The fourth-order valence-corrected chi connectivity index (χ4v) is 1.73. The Hall–Kier alpha value is -0.810. The number of rotatable bonds is 4. The normalized spacial score (nSPS) is 12.0. The Morgan fingerprint density at radius 2 is 1.89 bits per heavy atom. The molecular formula is C13H16BrF2NO.